The molecule has 1 aromatic rings. The summed E-state index contributed by atoms with van der Waals surface area (Å²) >= 11 is 0. The number of aryl methyl sites for hydroxylation is 1. The van der Waals surface area contributed by atoms with Crippen molar-refractivity contribution in [2.24, 2.45) is 0 Å². The molecule has 0 radical (unpaired) electrons. The van der Waals surface area contributed by atoms with Gasteiger partial charge in [-0.3, -0.25) is 9.69 Å². The van der Waals surface area contributed by atoms with Gasteiger partial charge >= 0.3 is 0 Å². The Labute approximate surface area is 144 Å². The van der Waals surface area contributed by atoms with Crippen molar-refractivity contribution >= 4 is 5.91 Å². The largest absolute Gasteiger partial charge is 0.491 e. The number of likely N-dealkylation sites (tertiary alicyclic amines) is 2. The molecular formula is C19H28N2O3. The quantitative estimate of drug-likeness (QED) is 0.914. The van der Waals surface area contributed by atoms with E-state index >= 15 is 0 Å². The number of piperidine rings is 1. The van der Waals surface area contributed by atoms with E-state index in [4.69, 9.17) is 4.74 Å². The number of aliphatic hydroxyl groups is 1. The number of β-amino-alcohol motifs (C(OH)–C–C–N with tert-alkyl or cyclic N) is 1. The molecule has 5 nitrogen and oxygen atoms in total. The maximum Gasteiger partial charge on any atom is 0.219 e. The number of nitrogens with zero attached hydrogens (tertiary/aromatic N) is 2. The third-order valence-electron chi connectivity index (χ3n) is 5.32. The predicted octanol–water partition coefficient (Wildman–Crippen LogP) is 1.82. The summed E-state index contributed by atoms with van der Waals surface area (Å²) in [6, 6.07) is 8.40. The van der Waals surface area contributed by atoms with Crippen LogP contribution in [0.2, 0.25) is 0 Å². The van der Waals surface area contributed by atoms with E-state index in [1.807, 2.05) is 36.1 Å². The van der Waals surface area contributed by atoms with E-state index in [0.29, 0.717) is 19.2 Å². The first-order chi connectivity index (χ1) is 11.5. The number of rotatable bonds is 4. The first-order valence-electron chi connectivity index (χ1n) is 8.87. The molecule has 132 valence electrons. The fourth-order valence-electron chi connectivity index (χ4n) is 3.72. The normalized spacial score (nSPS) is 25.9. The monoisotopic (exact) mass is 332 g/mol. The summed E-state index contributed by atoms with van der Waals surface area (Å²) in [5, 5.41) is 10.8. The molecule has 0 aromatic heterocycles. The van der Waals surface area contributed by atoms with E-state index in [0.717, 1.165) is 44.6 Å². The lowest BCUT2D eigenvalue weighted by atomic mass is 10.0. The van der Waals surface area contributed by atoms with Gasteiger partial charge in [0, 0.05) is 39.1 Å². The van der Waals surface area contributed by atoms with Crippen molar-refractivity contribution in [2.45, 2.75) is 44.8 Å². The van der Waals surface area contributed by atoms with E-state index in [2.05, 4.69) is 4.90 Å². The number of hydrogen-bond donors (Lipinski definition) is 1. The molecule has 2 aliphatic rings. The van der Waals surface area contributed by atoms with Crippen LogP contribution in [0.25, 0.3) is 0 Å². The van der Waals surface area contributed by atoms with Crippen molar-refractivity contribution in [3.05, 3.63) is 29.8 Å². The molecule has 5 heteroatoms. The molecule has 0 saturated carbocycles. The second kappa shape index (κ2) is 7.11. The highest BCUT2D eigenvalue weighted by molar-refractivity contribution is 5.73. The minimum Gasteiger partial charge on any atom is -0.491 e. The lowest BCUT2D eigenvalue weighted by Gasteiger charge is -2.36. The first kappa shape index (κ1) is 17.2. The predicted molar refractivity (Wildman–Crippen MR) is 93.1 cm³/mol. The Morgan fingerprint density at radius 2 is 1.92 bits per heavy atom. The SMILES string of the molecule is CC(=O)N1CCC(N2CC[C@@](O)(COc3ccc(C)cc3)C2)CC1. The van der Waals surface area contributed by atoms with E-state index in [9.17, 15) is 9.90 Å². The summed E-state index contributed by atoms with van der Waals surface area (Å²) in [5.41, 5.74) is 0.424. The van der Waals surface area contributed by atoms with Crippen LogP contribution in [0.3, 0.4) is 0 Å². The highest BCUT2D eigenvalue weighted by atomic mass is 16.5. The average Bonchev–Trinajstić information content (AvgIpc) is 2.97. The Bertz CT molecular complexity index is 566. The molecule has 0 unspecified atom stereocenters. The fourth-order valence-corrected chi connectivity index (χ4v) is 3.72. The van der Waals surface area contributed by atoms with Crippen LogP contribution in [0, 0.1) is 6.92 Å². The zero-order chi connectivity index (χ0) is 17.2. The Hall–Kier alpha value is -1.59. The second-order valence-electron chi connectivity index (χ2n) is 7.28. The standard InChI is InChI=1S/C19H28N2O3/c1-15-3-5-18(6-4-15)24-14-19(23)9-12-21(13-19)17-7-10-20(11-8-17)16(2)22/h3-6,17,23H,7-14H2,1-2H3/t19-/m0/s1. The lowest BCUT2D eigenvalue weighted by molar-refractivity contribution is -0.130. The van der Waals surface area contributed by atoms with Crippen LogP contribution in [0.5, 0.6) is 5.75 Å². The number of carbonyl (C=O) groups is 1. The number of ether oxygens (including phenoxy) is 1. The molecular weight excluding hydrogens is 304 g/mol. The van der Waals surface area contributed by atoms with Crippen molar-refractivity contribution in [3.63, 3.8) is 0 Å². The number of hydrogen-bond acceptors (Lipinski definition) is 4. The molecule has 2 saturated heterocycles. The van der Waals surface area contributed by atoms with Crippen LogP contribution < -0.4 is 4.74 Å². The second-order valence-corrected chi connectivity index (χ2v) is 7.28. The van der Waals surface area contributed by atoms with Gasteiger partial charge in [0.15, 0.2) is 0 Å². The van der Waals surface area contributed by atoms with Crippen molar-refractivity contribution in [1.29, 1.82) is 0 Å². The Morgan fingerprint density at radius 1 is 1.25 bits per heavy atom. The van der Waals surface area contributed by atoms with Gasteiger partial charge in [0.2, 0.25) is 5.91 Å². The van der Waals surface area contributed by atoms with Crippen molar-refractivity contribution in [2.75, 3.05) is 32.8 Å². The minimum absolute atomic E-state index is 0.165. The van der Waals surface area contributed by atoms with Gasteiger partial charge in [-0.15, -0.1) is 0 Å². The third kappa shape index (κ3) is 4.08. The van der Waals surface area contributed by atoms with E-state index in [-0.39, 0.29) is 5.91 Å². The van der Waals surface area contributed by atoms with Gasteiger partial charge in [0.05, 0.1) is 0 Å². The Balaban J connectivity index is 1.49. The van der Waals surface area contributed by atoms with Crippen LogP contribution in [-0.4, -0.2) is 65.2 Å². The van der Waals surface area contributed by atoms with Gasteiger partial charge in [0.25, 0.3) is 0 Å². The fraction of sp³-hybridized carbons (Fsp3) is 0.632. The molecule has 2 heterocycles. The summed E-state index contributed by atoms with van der Waals surface area (Å²) in [6.07, 6.45) is 2.73. The van der Waals surface area contributed by atoms with E-state index < -0.39 is 5.60 Å². The topological polar surface area (TPSA) is 53.0 Å². The lowest BCUT2D eigenvalue weighted by Crippen LogP contribution is -2.47. The number of carbonyl (C=O) groups excluding carboxylic acids is 1. The Kier molecular flexibility index (Phi) is 5.11. The van der Waals surface area contributed by atoms with Gasteiger partial charge in [-0.25, -0.2) is 0 Å². The van der Waals surface area contributed by atoms with Crippen molar-refractivity contribution in [1.82, 2.24) is 9.80 Å². The van der Waals surface area contributed by atoms with Crippen LogP contribution in [0.15, 0.2) is 24.3 Å². The van der Waals surface area contributed by atoms with Gasteiger partial charge in [-0.2, -0.15) is 0 Å². The molecule has 1 aromatic carbocycles. The van der Waals surface area contributed by atoms with Crippen LogP contribution in [-0.2, 0) is 4.79 Å². The van der Waals surface area contributed by atoms with E-state index in [1.54, 1.807) is 6.92 Å². The van der Waals surface area contributed by atoms with Crippen molar-refractivity contribution < 1.29 is 14.6 Å². The van der Waals surface area contributed by atoms with Crippen LogP contribution in [0.1, 0.15) is 31.7 Å². The number of amides is 1. The molecule has 1 atom stereocenters. The Morgan fingerprint density at radius 3 is 2.54 bits per heavy atom. The van der Waals surface area contributed by atoms with Crippen molar-refractivity contribution in [3.8, 4) is 5.75 Å². The summed E-state index contributed by atoms with van der Waals surface area (Å²) in [7, 11) is 0. The smallest absolute Gasteiger partial charge is 0.219 e. The molecule has 1 N–H and O–H groups in total. The van der Waals surface area contributed by atoms with Gasteiger partial charge in [-0.05, 0) is 38.3 Å². The molecule has 3 rings (SSSR count). The summed E-state index contributed by atoms with van der Waals surface area (Å²) in [4.78, 5) is 15.7. The maximum absolute atomic E-state index is 11.4. The van der Waals surface area contributed by atoms with Crippen LogP contribution >= 0.6 is 0 Å². The molecule has 24 heavy (non-hydrogen) atoms. The average molecular weight is 332 g/mol. The third-order valence-corrected chi connectivity index (χ3v) is 5.32. The molecule has 1 amide bonds. The molecule has 0 bridgehead atoms. The molecule has 2 fully saturated rings. The highest BCUT2D eigenvalue weighted by Crippen LogP contribution is 2.28. The zero-order valence-electron chi connectivity index (χ0n) is 14.7. The summed E-state index contributed by atoms with van der Waals surface area (Å²) < 4.78 is 5.80. The molecule has 2 aliphatic heterocycles. The van der Waals surface area contributed by atoms with Gasteiger partial charge < -0.3 is 14.7 Å². The highest BCUT2D eigenvalue weighted by Gasteiger charge is 2.40. The summed E-state index contributed by atoms with van der Waals surface area (Å²) in [5.74, 6) is 0.972. The number of benzene rings is 1. The van der Waals surface area contributed by atoms with Gasteiger partial charge in [-0.1, -0.05) is 17.7 Å². The van der Waals surface area contributed by atoms with E-state index in [1.165, 1.54) is 5.56 Å². The zero-order valence-corrected chi connectivity index (χ0v) is 14.7. The maximum atomic E-state index is 11.4. The minimum atomic E-state index is -0.775. The first-order valence-corrected chi connectivity index (χ1v) is 8.87. The molecule has 0 spiro atoms. The summed E-state index contributed by atoms with van der Waals surface area (Å²) in [6.45, 7) is 7.23. The van der Waals surface area contributed by atoms with Crippen LogP contribution in [0.4, 0.5) is 0 Å². The molecule has 0 aliphatic carbocycles. The van der Waals surface area contributed by atoms with Gasteiger partial charge in [0.1, 0.15) is 18.0 Å².